The Morgan fingerprint density at radius 3 is 2.26 bits per heavy atom. The van der Waals surface area contributed by atoms with Crippen LogP contribution in [0, 0.1) is 0 Å². The van der Waals surface area contributed by atoms with Gasteiger partial charge in [0.2, 0.25) is 0 Å². The van der Waals surface area contributed by atoms with Crippen LogP contribution < -0.4 is 9.09 Å². The predicted octanol–water partition coefficient (Wildman–Crippen LogP) is 4.89. The van der Waals surface area contributed by atoms with Crippen LogP contribution in [0.2, 0.25) is 0 Å². The first-order valence-corrected chi connectivity index (χ1v) is 17.4. The van der Waals surface area contributed by atoms with E-state index in [0.717, 1.165) is 12.3 Å². The Labute approximate surface area is 221 Å². The van der Waals surface area contributed by atoms with Crippen LogP contribution in [0.1, 0.15) is 28.4 Å². The summed E-state index contributed by atoms with van der Waals surface area (Å²) in [6, 6.07) is 18.0. The zero-order valence-electron chi connectivity index (χ0n) is 20.4. The maximum absolute atomic E-state index is 14.2. The van der Waals surface area contributed by atoms with Gasteiger partial charge in [0.25, 0.3) is 0 Å². The molecule has 0 radical (unpaired) electrons. The minimum absolute atomic E-state index is 0.00415. The van der Waals surface area contributed by atoms with E-state index in [1.54, 1.807) is 37.3 Å². The molecule has 198 valence electrons. The van der Waals surface area contributed by atoms with E-state index >= 15 is 0 Å². The molecule has 38 heavy (non-hydrogen) atoms. The van der Waals surface area contributed by atoms with Crippen molar-refractivity contribution in [3.8, 4) is 5.75 Å². The number of pyridine rings is 1. The number of aromatic nitrogens is 1. The number of carbonyl (C=O) groups excluding carboxylic acids is 1. The molecule has 0 bridgehead atoms. The first-order chi connectivity index (χ1) is 18.1. The number of esters is 1. The quantitative estimate of drug-likeness (QED) is 0.210. The standard InChI is InChI=1S/C27H23AsF3NO5S/c1-3-37-26(33)22-17-32-25-21(10-7-11-23(25)27(29,30)31)24(22)28(16-18-8-5-4-6-9-18)38(34,35)20-14-12-19(36-2)13-15-20/h4-15,17H,3,16H2,1-2H3. The molecule has 4 rings (SSSR count). The fraction of sp³-hybridized carbons (Fsp3) is 0.185. The summed E-state index contributed by atoms with van der Waals surface area (Å²) in [6.07, 6.45) is -3.73. The summed E-state index contributed by atoms with van der Waals surface area (Å²) in [5, 5.41) is 0.00245. The number of hydrogen-bond acceptors (Lipinski definition) is 6. The average molecular weight is 605 g/mol. The van der Waals surface area contributed by atoms with Crippen LogP contribution in [0.5, 0.6) is 5.75 Å². The first-order valence-electron chi connectivity index (χ1n) is 11.4. The summed E-state index contributed by atoms with van der Waals surface area (Å²) in [5.74, 6) is -0.394. The number of halogens is 3. The van der Waals surface area contributed by atoms with Gasteiger partial charge in [-0.05, 0) is 0 Å². The van der Waals surface area contributed by atoms with E-state index in [1.165, 1.54) is 43.5 Å². The summed E-state index contributed by atoms with van der Waals surface area (Å²) >= 11 is -3.50. The van der Waals surface area contributed by atoms with Gasteiger partial charge in [-0.15, -0.1) is 0 Å². The monoisotopic (exact) mass is 605 g/mol. The second-order valence-corrected chi connectivity index (χ2v) is 18.0. The molecule has 0 amide bonds. The third-order valence-electron chi connectivity index (χ3n) is 5.74. The van der Waals surface area contributed by atoms with Gasteiger partial charge in [-0.3, -0.25) is 0 Å². The number of ether oxygens (including phenoxy) is 2. The molecule has 0 aliphatic heterocycles. The van der Waals surface area contributed by atoms with Crippen LogP contribution in [0.15, 0.2) is 83.9 Å². The van der Waals surface area contributed by atoms with Crippen LogP contribution in [0.25, 0.3) is 10.9 Å². The number of methoxy groups -OCH3 is 1. The number of hydrogen-bond donors (Lipinski definition) is 0. The van der Waals surface area contributed by atoms with E-state index in [0.29, 0.717) is 11.3 Å². The number of fused-ring (bicyclic) bond motifs is 1. The van der Waals surface area contributed by atoms with Gasteiger partial charge in [-0.25, -0.2) is 0 Å². The van der Waals surface area contributed by atoms with Crippen molar-refractivity contribution in [2.45, 2.75) is 23.2 Å². The number of rotatable bonds is 8. The van der Waals surface area contributed by atoms with E-state index in [9.17, 15) is 26.4 Å². The van der Waals surface area contributed by atoms with Crippen molar-refractivity contribution >= 4 is 42.8 Å². The molecule has 3 aromatic carbocycles. The van der Waals surface area contributed by atoms with Crippen LogP contribution in [-0.2, 0) is 24.2 Å². The van der Waals surface area contributed by atoms with Gasteiger partial charge >= 0.3 is 222 Å². The molecule has 1 unspecified atom stereocenters. The Bertz CT molecular complexity index is 1560. The summed E-state index contributed by atoms with van der Waals surface area (Å²) in [6.45, 7) is 1.58. The molecule has 0 saturated heterocycles. The number of nitrogens with zero attached hydrogens (tertiary/aromatic N) is 1. The number of para-hydroxylation sites is 1. The molecule has 1 atom stereocenters. The summed E-state index contributed by atoms with van der Waals surface area (Å²) < 4.78 is 80.5. The van der Waals surface area contributed by atoms with Crippen molar-refractivity contribution < 1.29 is 35.9 Å². The van der Waals surface area contributed by atoms with Gasteiger partial charge in [0.1, 0.15) is 0 Å². The summed E-state index contributed by atoms with van der Waals surface area (Å²) in [7, 11) is -2.67. The SMILES string of the molecule is CCOC(=O)c1cnc2c(C(F)(F)F)cccc2c1[As](Cc1ccccc1)S(=O)(=O)c1ccc(OC)cc1. The summed E-state index contributed by atoms with van der Waals surface area (Å²) in [5.41, 5.74) is -0.898. The molecule has 0 fully saturated rings. The van der Waals surface area contributed by atoms with Crippen molar-refractivity contribution in [3.05, 3.63) is 95.7 Å². The molecule has 1 aromatic heterocycles. The van der Waals surface area contributed by atoms with E-state index in [4.69, 9.17) is 9.47 Å². The zero-order chi connectivity index (χ0) is 27.5. The van der Waals surface area contributed by atoms with Gasteiger partial charge in [-0.2, -0.15) is 0 Å². The fourth-order valence-electron chi connectivity index (χ4n) is 3.97. The summed E-state index contributed by atoms with van der Waals surface area (Å²) in [4.78, 5) is 17.0. The Kier molecular flexibility index (Phi) is 8.13. The Balaban J connectivity index is 2.06. The number of carbonyl (C=O) groups is 1. The molecule has 4 aromatic rings. The van der Waals surface area contributed by atoms with E-state index in [1.807, 2.05) is 0 Å². The normalized spacial score (nSPS) is 12.8. The Morgan fingerprint density at radius 2 is 1.66 bits per heavy atom. The van der Waals surface area contributed by atoms with Crippen molar-refractivity contribution in [1.29, 1.82) is 0 Å². The zero-order valence-corrected chi connectivity index (χ0v) is 23.1. The average Bonchev–Trinajstić information content (AvgIpc) is 2.91. The third-order valence-corrected chi connectivity index (χ3v) is 17.2. The third kappa shape index (κ3) is 5.56. The van der Waals surface area contributed by atoms with Gasteiger partial charge in [-0.1, -0.05) is 0 Å². The van der Waals surface area contributed by atoms with Crippen LogP contribution in [-0.4, -0.2) is 46.6 Å². The molecule has 6 nitrogen and oxygen atoms in total. The second kappa shape index (κ2) is 11.2. The van der Waals surface area contributed by atoms with Crippen LogP contribution in [0.4, 0.5) is 13.2 Å². The van der Waals surface area contributed by atoms with Gasteiger partial charge in [0.15, 0.2) is 0 Å². The molecule has 0 saturated carbocycles. The van der Waals surface area contributed by atoms with E-state index < -0.39 is 44.8 Å². The van der Waals surface area contributed by atoms with E-state index in [2.05, 4.69) is 4.98 Å². The molecular formula is C27H23AsF3NO5S. The minimum atomic E-state index is -4.73. The van der Waals surface area contributed by atoms with Gasteiger partial charge in [0.05, 0.1) is 0 Å². The van der Waals surface area contributed by atoms with Crippen LogP contribution >= 0.6 is 0 Å². The molecule has 0 aliphatic carbocycles. The molecule has 0 spiro atoms. The van der Waals surface area contributed by atoms with Crippen molar-refractivity contribution in [2.75, 3.05) is 13.7 Å². The maximum atomic E-state index is 14.2. The number of alkyl halides is 3. The number of benzene rings is 3. The topological polar surface area (TPSA) is 82.6 Å². The molecule has 0 N–H and O–H groups in total. The molecule has 11 heteroatoms. The van der Waals surface area contributed by atoms with Crippen molar-refractivity contribution in [1.82, 2.24) is 4.98 Å². The molecule has 1 heterocycles. The molecular weight excluding hydrogens is 582 g/mol. The van der Waals surface area contributed by atoms with E-state index in [-0.39, 0.29) is 32.0 Å². The van der Waals surface area contributed by atoms with Crippen molar-refractivity contribution in [3.63, 3.8) is 0 Å². The van der Waals surface area contributed by atoms with Crippen LogP contribution in [0.3, 0.4) is 0 Å². The van der Waals surface area contributed by atoms with Crippen molar-refractivity contribution in [2.24, 2.45) is 0 Å². The Morgan fingerprint density at radius 1 is 0.974 bits per heavy atom. The van der Waals surface area contributed by atoms with Gasteiger partial charge in [0, 0.05) is 0 Å². The fourth-order valence-corrected chi connectivity index (χ4v) is 15.2. The first kappa shape index (κ1) is 27.7. The Hall–Kier alpha value is -3.36. The predicted molar refractivity (Wildman–Crippen MR) is 138 cm³/mol. The molecule has 0 aliphatic rings. The second-order valence-electron chi connectivity index (χ2n) is 8.11. The van der Waals surface area contributed by atoms with Gasteiger partial charge < -0.3 is 0 Å².